The standard InChI is InChI=1S/C15H20O3/c1-5-18-14(17)15(3,4)11(2)13(16)12-9-7-6-8-10-12/h6-11H,5H2,1-4H3. The largest absolute Gasteiger partial charge is 0.466 e. The molecule has 18 heavy (non-hydrogen) atoms. The molecule has 0 aliphatic carbocycles. The highest BCUT2D eigenvalue weighted by Gasteiger charge is 2.39. The molecule has 0 aromatic heterocycles. The van der Waals surface area contributed by atoms with Crippen LogP contribution in [0.3, 0.4) is 0 Å². The second kappa shape index (κ2) is 5.80. The Morgan fingerprint density at radius 1 is 1.22 bits per heavy atom. The van der Waals surface area contributed by atoms with E-state index in [2.05, 4.69) is 0 Å². The number of ether oxygens (including phenoxy) is 1. The van der Waals surface area contributed by atoms with E-state index in [-0.39, 0.29) is 11.8 Å². The predicted octanol–water partition coefficient (Wildman–Crippen LogP) is 3.09. The third kappa shape index (κ3) is 2.97. The van der Waals surface area contributed by atoms with Crippen LogP contribution in [0.15, 0.2) is 30.3 Å². The zero-order chi connectivity index (χ0) is 13.8. The van der Waals surface area contributed by atoms with Crippen molar-refractivity contribution in [1.82, 2.24) is 0 Å². The maximum absolute atomic E-state index is 12.3. The van der Waals surface area contributed by atoms with Gasteiger partial charge >= 0.3 is 5.97 Å². The van der Waals surface area contributed by atoms with Gasteiger partial charge in [-0.15, -0.1) is 0 Å². The first-order chi connectivity index (χ1) is 8.41. The Morgan fingerprint density at radius 3 is 2.28 bits per heavy atom. The molecule has 0 aliphatic heterocycles. The maximum atomic E-state index is 12.3. The molecular formula is C15H20O3. The average Bonchev–Trinajstić information content (AvgIpc) is 2.38. The van der Waals surface area contributed by atoms with E-state index >= 15 is 0 Å². The van der Waals surface area contributed by atoms with Crippen molar-refractivity contribution in [1.29, 1.82) is 0 Å². The minimum atomic E-state index is -0.817. The highest BCUT2D eigenvalue weighted by Crippen LogP contribution is 2.30. The zero-order valence-electron chi connectivity index (χ0n) is 11.4. The van der Waals surface area contributed by atoms with Crippen molar-refractivity contribution in [3.8, 4) is 0 Å². The summed E-state index contributed by atoms with van der Waals surface area (Å²) in [5, 5.41) is 0. The molecule has 3 heteroatoms. The van der Waals surface area contributed by atoms with Gasteiger partial charge in [0.2, 0.25) is 0 Å². The van der Waals surface area contributed by atoms with E-state index in [9.17, 15) is 9.59 Å². The molecule has 0 saturated carbocycles. The van der Waals surface area contributed by atoms with E-state index in [1.165, 1.54) is 0 Å². The van der Waals surface area contributed by atoms with Gasteiger partial charge in [0.25, 0.3) is 0 Å². The molecule has 3 nitrogen and oxygen atoms in total. The summed E-state index contributed by atoms with van der Waals surface area (Å²) >= 11 is 0. The van der Waals surface area contributed by atoms with Crippen LogP contribution in [0.1, 0.15) is 38.1 Å². The van der Waals surface area contributed by atoms with Gasteiger partial charge in [-0.2, -0.15) is 0 Å². The van der Waals surface area contributed by atoms with Gasteiger partial charge in [-0.1, -0.05) is 37.3 Å². The summed E-state index contributed by atoms with van der Waals surface area (Å²) in [6.07, 6.45) is 0. The Labute approximate surface area is 108 Å². The van der Waals surface area contributed by atoms with Crippen molar-refractivity contribution in [3.05, 3.63) is 35.9 Å². The van der Waals surface area contributed by atoms with Gasteiger partial charge in [0, 0.05) is 11.5 Å². The predicted molar refractivity (Wildman–Crippen MR) is 70.4 cm³/mol. The van der Waals surface area contributed by atoms with Crippen LogP contribution in [-0.2, 0) is 9.53 Å². The summed E-state index contributed by atoms with van der Waals surface area (Å²) < 4.78 is 5.02. The molecule has 1 rings (SSSR count). The van der Waals surface area contributed by atoms with Crippen LogP contribution in [0.5, 0.6) is 0 Å². The number of Topliss-reactive ketones (excluding diaryl/α,β-unsaturated/α-hetero) is 1. The third-order valence-corrected chi connectivity index (χ3v) is 3.34. The molecular weight excluding hydrogens is 228 g/mol. The number of carbonyl (C=O) groups excluding carboxylic acids is 2. The number of ketones is 1. The van der Waals surface area contributed by atoms with E-state index in [1.54, 1.807) is 39.8 Å². The Kier molecular flexibility index (Phi) is 4.65. The van der Waals surface area contributed by atoms with Crippen LogP contribution < -0.4 is 0 Å². The van der Waals surface area contributed by atoms with Crippen LogP contribution >= 0.6 is 0 Å². The van der Waals surface area contributed by atoms with Gasteiger partial charge in [-0.25, -0.2) is 0 Å². The first kappa shape index (κ1) is 14.4. The summed E-state index contributed by atoms with van der Waals surface area (Å²) in [6.45, 7) is 7.35. The lowest BCUT2D eigenvalue weighted by atomic mass is 9.76. The number of hydrogen-bond donors (Lipinski definition) is 0. The second-order valence-corrected chi connectivity index (χ2v) is 4.89. The molecule has 98 valence electrons. The minimum absolute atomic E-state index is 0.0337. The lowest BCUT2D eigenvalue weighted by molar-refractivity contribution is -0.155. The zero-order valence-corrected chi connectivity index (χ0v) is 11.4. The fourth-order valence-corrected chi connectivity index (χ4v) is 1.67. The molecule has 1 atom stereocenters. The van der Waals surface area contributed by atoms with E-state index in [1.807, 2.05) is 18.2 Å². The molecule has 0 N–H and O–H groups in total. The first-order valence-corrected chi connectivity index (χ1v) is 6.17. The SMILES string of the molecule is CCOC(=O)C(C)(C)C(C)C(=O)c1ccccc1. The molecule has 1 aromatic carbocycles. The second-order valence-electron chi connectivity index (χ2n) is 4.89. The lowest BCUT2D eigenvalue weighted by Gasteiger charge is -2.28. The van der Waals surface area contributed by atoms with Crippen LogP contribution in [0.25, 0.3) is 0 Å². The van der Waals surface area contributed by atoms with Crippen molar-refractivity contribution in [3.63, 3.8) is 0 Å². The van der Waals surface area contributed by atoms with Crippen molar-refractivity contribution < 1.29 is 14.3 Å². The fourth-order valence-electron chi connectivity index (χ4n) is 1.67. The first-order valence-electron chi connectivity index (χ1n) is 6.17. The normalized spacial score (nSPS) is 12.9. The molecule has 0 saturated heterocycles. The molecule has 0 fully saturated rings. The quantitative estimate of drug-likeness (QED) is 0.594. The van der Waals surface area contributed by atoms with Gasteiger partial charge < -0.3 is 4.74 Å². The molecule has 0 aliphatic rings. The van der Waals surface area contributed by atoms with Gasteiger partial charge in [-0.3, -0.25) is 9.59 Å². The van der Waals surface area contributed by atoms with Crippen LogP contribution in [0.2, 0.25) is 0 Å². The lowest BCUT2D eigenvalue weighted by Crippen LogP contribution is -2.37. The highest BCUT2D eigenvalue weighted by atomic mass is 16.5. The molecule has 0 spiro atoms. The number of rotatable bonds is 5. The van der Waals surface area contributed by atoms with Crippen LogP contribution in [0, 0.1) is 11.3 Å². The minimum Gasteiger partial charge on any atom is -0.466 e. The molecule has 1 unspecified atom stereocenters. The number of hydrogen-bond acceptors (Lipinski definition) is 3. The summed E-state index contributed by atoms with van der Waals surface area (Å²) in [4.78, 5) is 24.2. The summed E-state index contributed by atoms with van der Waals surface area (Å²) in [6, 6.07) is 9.02. The number of esters is 1. The summed E-state index contributed by atoms with van der Waals surface area (Å²) in [5.74, 6) is -0.783. The van der Waals surface area contributed by atoms with E-state index in [0.29, 0.717) is 12.2 Å². The van der Waals surface area contributed by atoms with Crippen LogP contribution in [-0.4, -0.2) is 18.4 Å². The third-order valence-electron chi connectivity index (χ3n) is 3.34. The molecule has 0 amide bonds. The number of carbonyl (C=O) groups is 2. The fraction of sp³-hybridized carbons (Fsp3) is 0.467. The Hall–Kier alpha value is -1.64. The van der Waals surface area contributed by atoms with Crippen molar-refractivity contribution in [2.24, 2.45) is 11.3 Å². The monoisotopic (exact) mass is 248 g/mol. The van der Waals surface area contributed by atoms with Gasteiger partial charge in [0.05, 0.1) is 12.0 Å². The smallest absolute Gasteiger partial charge is 0.312 e. The summed E-state index contributed by atoms with van der Waals surface area (Å²) in [5.41, 5.74) is -0.189. The van der Waals surface area contributed by atoms with Gasteiger partial charge in [0.15, 0.2) is 5.78 Å². The topological polar surface area (TPSA) is 43.4 Å². The molecule has 1 aromatic rings. The average molecular weight is 248 g/mol. The van der Waals surface area contributed by atoms with Gasteiger partial charge in [0.1, 0.15) is 0 Å². The Bertz CT molecular complexity index is 421. The Balaban J connectivity index is 2.90. The Morgan fingerprint density at radius 2 is 1.78 bits per heavy atom. The molecule has 0 heterocycles. The van der Waals surface area contributed by atoms with E-state index < -0.39 is 11.3 Å². The van der Waals surface area contributed by atoms with Crippen molar-refractivity contribution in [2.75, 3.05) is 6.61 Å². The number of benzene rings is 1. The maximum Gasteiger partial charge on any atom is 0.312 e. The van der Waals surface area contributed by atoms with Crippen LogP contribution in [0.4, 0.5) is 0 Å². The molecule has 0 bridgehead atoms. The van der Waals surface area contributed by atoms with E-state index in [0.717, 1.165) is 0 Å². The van der Waals surface area contributed by atoms with E-state index in [4.69, 9.17) is 4.74 Å². The molecule has 0 radical (unpaired) electrons. The highest BCUT2D eigenvalue weighted by molar-refractivity contribution is 6.00. The van der Waals surface area contributed by atoms with Gasteiger partial charge in [-0.05, 0) is 20.8 Å². The van der Waals surface area contributed by atoms with Crippen molar-refractivity contribution >= 4 is 11.8 Å². The van der Waals surface area contributed by atoms with Crippen molar-refractivity contribution in [2.45, 2.75) is 27.7 Å². The summed E-state index contributed by atoms with van der Waals surface area (Å²) in [7, 11) is 0.